The van der Waals surface area contributed by atoms with Gasteiger partial charge in [-0.3, -0.25) is 0 Å². The fraction of sp³-hybridized carbons (Fsp3) is 0.375. The number of nitrogens with two attached hydrogens (primary N) is 1. The molecule has 0 amide bonds. The van der Waals surface area contributed by atoms with Crippen molar-refractivity contribution >= 4 is 29.1 Å². The second kappa shape index (κ2) is 7.96. The maximum atomic E-state index is 6.10. The minimum atomic E-state index is 0.501. The van der Waals surface area contributed by atoms with E-state index in [2.05, 4.69) is 46.6 Å². The van der Waals surface area contributed by atoms with Crippen LogP contribution in [0.15, 0.2) is 24.4 Å². The highest BCUT2D eigenvalue weighted by Gasteiger charge is 2.06. The molecule has 0 atom stereocenters. The largest absolute Gasteiger partial charge is 0.369 e. The van der Waals surface area contributed by atoms with Gasteiger partial charge in [-0.25, -0.2) is 4.98 Å². The van der Waals surface area contributed by atoms with E-state index in [1.54, 1.807) is 6.20 Å². The lowest BCUT2D eigenvalue weighted by atomic mass is 10.1. The molecule has 0 radical (unpaired) electrons. The van der Waals surface area contributed by atoms with Crippen LogP contribution in [0.5, 0.6) is 0 Å². The minimum absolute atomic E-state index is 0.501. The molecule has 1 aromatic heterocycles. The summed E-state index contributed by atoms with van der Waals surface area (Å²) in [6, 6.07) is 6.24. The molecule has 118 valence electrons. The summed E-state index contributed by atoms with van der Waals surface area (Å²) in [4.78, 5) is 8.63. The van der Waals surface area contributed by atoms with Gasteiger partial charge in [0, 0.05) is 12.2 Å². The molecule has 0 saturated carbocycles. The molecule has 0 aliphatic heterocycles. The first-order valence-electron chi connectivity index (χ1n) is 7.47. The molecule has 0 unspecified atom stereocenters. The van der Waals surface area contributed by atoms with Crippen LogP contribution in [0.3, 0.4) is 0 Å². The summed E-state index contributed by atoms with van der Waals surface area (Å²) in [5.41, 5.74) is 9.05. The van der Waals surface area contributed by atoms with E-state index in [0.29, 0.717) is 23.3 Å². The maximum absolute atomic E-state index is 6.10. The predicted molar refractivity (Wildman–Crippen MR) is 93.0 cm³/mol. The van der Waals surface area contributed by atoms with E-state index < -0.39 is 0 Å². The normalized spacial score (nSPS) is 10.5. The average molecular weight is 320 g/mol. The molecule has 2 aromatic rings. The lowest BCUT2D eigenvalue weighted by Gasteiger charge is -2.11. The summed E-state index contributed by atoms with van der Waals surface area (Å²) >= 11 is 6.10. The van der Waals surface area contributed by atoms with Gasteiger partial charge in [0.2, 0.25) is 5.95 Å². The molecule has 1 aromatic carbocycles. The molecular weight excluding hydrogens is 298 g/mol. The lowest BCUT2D eigenvalue weighted by Crippen LogP contribution is -2.10. The third-order valence-corrected chi connectivity index (χ3v) is 3.68. The van der Waals surface area contributed by atoms with Crippen LogP contribution >= 0.6 is 11.6 Å². The molecule has 0 aliphatic carbocycles. The number of hydrogen-bond donors (Lipinski definition) is 3. The molecule has 4 N–H and O–H groups in total. The average Bonchev–Trinajstić information content (AvgIpc) is 2.52. The molecule has 0 spiro atoms. The molecule has 1 heterocycles. The second-order valence-corrected chi connectivity index (χ2v) is 5.49. The van der Waals surface area contributed by atoms with Gasteiger partial charge in [-0.15, -0.1) is 0 Å². The lowest BCUT2D eigenvalue weighted by molar-refractivity contribution is 0.869. The third kappa shape index (κ3) is 4.32. The summed E-state index contributed by atoms with van der Waals surface area (Å²) < 4.78 is 0. The minimum Gasteiger partial charge on any atom is -0.369 e. The van der Waals surface area contributed by atoms with Crippen molar-refractivity contribution in [1.29, 1.82) is 0 Å². The second-order valence-electron chi connectivity index (χ2n) is 5.08. The number of halogens is 1. The van der Waals surface area contributed by atoms with Crippen LogP contribution < -0.4 is 16.4 Å². The zero-order valence-corrected chi connectivity index (χ0v) is 13.7. The van der Waals surface area contributed by atoms with Crippen molar-refractivity contribution in [2.45, 2.75) is 26.7 Å². The summed E-state index contributed by atoms with van der Waals surface area (Å²) in [5, 5.41) is 6.89. The number of benzene rings is 1. The number of anilines is 3. The smallest absolute Gasteiger partial charge is 0.229 e. The summed E-state index contributed by atoms with van der Waals surface area (Å²) in [6.07, 6.45) is 3.45. The van der Waals surface area contributed by atoms with Gasteiger partial charge in [0.25, 0.3) is 0 Å². The number of hydrogen-bond acceptors (Lipinski definition) is 5. The Labute approximate surface area is 136 Å². The molecule has 0 saturated heterocycles. The van der Waals surface area contributed by atoms with E-state index in [-0.39, 0.29) is 0 Å². The van der Waals surface area contributed by atoms with Crippen molar-refractivity contribution in [2.75, 3.05) is 23.7 Å². The number of nitrogens with zero attached hydrogens (tertiary/aromatic N) is 2. The zero-order valence-electron chi connectivity index (χ0n) is 13.0. The van der Waals surface area contributed by atoms with E-state index in [0.717, 1.165) is 25.1 Å². The van der Waals surface area contributed by atoms with Gasteiger partial charge in [0.05, 0.1) is 6.20 Å². The highest BCUT2D eigenvalue weighted by Crippen LogP contribution is 2.22. The van der Waals surface area contributed by atoms with Crippen molar-refractivity contribution < 1.29 is 0 Å². The number of rotatable bonds is 7. The van der Waals surface area contributed by atoms with Crippen LogP contribution in [0.25, 0.3) is 0 Å². The number of aryl methyl sites for hydroxylation is 2. The van der Waals surface area contributed by atoms with Crippen LogP contribution in [-0.4, -0.2) is 23.1 Å². The molecule has 6 heteroatoms. The first-order chi connectivity index (χ1) is 10.6. The molecule has 22 heavy (non-hydrogen) atoms. The van der Waals surface area contributed by atoms with Crippen molar-refractivity contribution in [1.82, 2.24) is 9.97 Å². The summed E-state index contributed by atoms with van der Waals surface area (Å²) in [7, 11) is 0. The van der Waals surface area contributed by atoms with Crippen LogP contribution in [0.1, 0.15) is 24.5 Å². The van der Waals surface area contributed by atoms with Gasteiger partial charge in [-0.05, 0) is 49.6 Å². The number of nitrogens with one attached hydrogen (secondary N) is 2. The Morgan fingerprint density at radius 2 is 2.14 bits per heavy atom. The van der Waals surface area contributed by atoms with E-state index >= 15 is 0 Å². The van der Waals surface area contributed by atoms with Crippen molar-refractivity contribution in [3.05, 3.63) is 40.5 Å². The van der Waals surface area contributed by atoms with Gasteiger partial charge in [-0.2, -0.15) is 4.98 Å². The molecular formula is C16H22ClN5. The van der Waals surface area contributed by atoms with Gasteiger partial charge in [0.15, 0.2) is 0 Å². The molecule has 0 bridgehead atoms. The van der Waals surface area contributed by atoms with Crippen LogP contribution in [0.2, 0.25) is 5.02 Å². The van der Waals surface area contributed by atoms with Gasteiger partial charge < -0.3 is 16.4 Å². The quantitative estimate of drug-likeness (QED) is 0.681. The molecule has 2 rings (SSSR count). The Morgan fingerprint density at radius 3 is 2.86 bits per heavy atom. The summed E-state index contributed by atoms with van der Waals surface area (Å²) in [5.74, 6) is 1.14. The first-order valence-corrected chi connectivity index (χ1v) is 7.85. The molecule has 0 aliphatic rings. The number of aromatic nitrogens is 2. The third-order valence-electron chi connectivity index (χ3n) is 3.40. The topological polar surface area (TPSA) is 75.9 Å². The molecule has 0 fully saturated rings. The highest BCUT2D eigenvalue weighted by atomic mass is 35.5. The van der Waals surface area contributed by atoms with Crippen molar-refractivity contribution in [2.24, 2.45) is 5.73 Å². The SMILES string of the molecule is CCc1cc(Nc2ncc(Cl)c(NCCCN)n2)ccc1C. The first kappa shape index (κ1) is 16.5. The Balaban J connectivity index is 2.14. The van der Waals surface area contributed by atoms with Crippen LogP contribution in [0, 0.1) is 6.92 Å². The van der Waals surface area contributed by atoms with Gasteiger partial charge in [0.1, 0.15) is 10.8 Å². The van der Waals surface area contributed by atoms with Crippen molar-refractivity contribution in [3.8, 4) is 0 Å². The van der Waals surface area contributed by atoms with E-state index in [1.165, 1.54) is 11.1 Å². The fourth-order valence-corrected chi connectivity index (χ4v) is 2.28. The maximum Gasteiger partial charge on any atom is 0.229 e. The van der Waals surface area contributed by atoms with Crippen LogP contribution in [-0.2, 0) is 6.42 Å². The van der Waals surface area contributed by atoms with E-state index in [1.807, 2.05) is 6.07 Å². The van der Waals surface area contributed by atoms with E-state index in [4.69, 9.17) is 17.3 Å². The van der Waals surface area contributed by atoms with Gasteiger partial charge in [-0.1, -0.05) is 24.6 Å². The molecule has 5 nitrogen and oxygen atoms in total. The zero-order chi connectivity index (χ0) is 15.9. The van der Waals surface area contributed by atoms with Crippen LogP contribution in [0.4, 0.5) is 17.5 Å². The summed E-state index contributed by atoms with van der Waals surface area (Å²) in [6.45, 7) is 5.62. The van der Waals surface area contributed by atoms with E-state index in [9.17, 15) is 0 Å². The standard InChI is InChI=1S/C16H22ClN5/c1-3-12-9-13(6-5-11(12)2)21-16-20-10-14(17)15(22-16)19-8-4-7-18/h5-6,9-10H,3-4,7-8,18H2,1-2H3,(H2,19,20,21,22). The highest BCUT2D eigenvalue weighted by molar-refractivity contribution is 6.32. The Kier molecular flexibility index (Phi) is 5.98. The van der Waals surface area contributed by atoms with Gasteiger partial charge >= 0.3 is 0 Å². The Hall–Kier alpha value is -1.85. The Morgan fingerprint density at radius 1 is 1.32 bits per heavy atom. The fourth-order valence-electron chi connectivity index (χ4n) is 2.12. The van der Waals surface area contributed by atoms with Crippen molar-refractivity contribution in [3.63, 3.8) is 0 Å². The predicted octanol–water partition coefficient (Wildman–Crippen LogP) is 3.51. The Bertz CT molecular complexity index is 630. The monoisotopic (exact) mass is 319 g/mol.